The monoisotopic (exact) mass is 228 g/mol. The molecule has 1 N–H and O–H groups in total. The highest BCUT2D eigenvalue weighted by molar-refractivity contribution is 7.11. The van der Waals surface area contributed by atoms with E-state index in [1.807, 2.05) is 0 Å². The number of carboxylic acids is 1. The van der Waals surface area contributed by atoms with E-state index in [1.54, 1.807) is 19.5 Å². The summed E-state index contributed by atoms with van der Waals surface area (Å²) in [5.74, 6) is -1.08. The van der Waals surface area contributed by atoms with Crippen molar-refractivity contribution in [1.29, 1.82) is 0 Å². The predicted molar refractivity (Wildman–Crippen MR) is 56.1 cm³/mol. The number of aromatic nitrogens is 1. The van der Waals surface area contributed by atoms with Crippen LogP contribution in [0.2, 0.25) is 0 Å². The van der Waals surface area contributed by atoms with E-state index >= 15 is 0 Å². The highest BCUT2D eigenvalue weighted by Gasteiger charge is 2.16. The van der Waals surface area contributed by atoms with Crippen LogP contribution in [0.5, 0.6) is 0 Å². The Morgan fingerprint density at radius 3 is 2.73 bits per heavy atom. The van der Waals surface area contributed by atoms with Gasteiger partial charge < -0.3 is 10.0 Å². The molecule has 0 fully saturated rings. The zero-order chi connectivity index (χ0) is 11.4. The largest absolute Gasteiger partial charge is 0.481 e. The lowest BCUT2D eigenvalue weighted by molar-refractivity contribution is -0.137. The number of carbonyl (C=O) groups is 2. The number of rotatable bonds is 4. The van der Waals surface area contributed by atoms with Crippen LogP contribution < -0.4 is 0 Å². The van der Waals surface area contributed by atoms with E-state index in [9.17, 15) is 9.59 Å². The Morgan fingerprint density at radius 1 is 1.60 bits per heavy atom. The minimum absolute atomic E-state index is 0.0416. The number of hydrogen-bond donors (Lipinski definition) is 1. The van der Waals surface area contributed by atoms with Gasteiger partial charge in [-0.3, -0.25) is 9.59 Å². The zero-order valence-corrected chi connectivity index (χ0v) is 9.37. The Morgan fingerprint density at radius 2 is 2.27 bits per heavy atom. The molecule has 0 radical (unpaired) electrons. The van der Waals surface area contributed by atoms with Crippen LogP contribution in [0.25, 0.3) is 0 Å². The molecule has 1 amide bonds. The van der Waals surface area contributed by atoms with Gasteiger partial charge in [0.1, 0.15) is 4.88 Å². The van der Waals surface area contributed by atoms with E-state index in [1.165, 1.54) is 16.2 Å². The molecule has 6 heteroatoms. The molecule has 1 aromatic rings. The zero-order valence-electron chi connectivity index (χ0n) is 8.56. The first kappa shape index (κ1) is 11.6. The molecular weight excluding hydrogens is 216 g/mol. The molecule has 1 aromatic heterocycles. The first-order valence-electron chi connectivity index (χ1n) is 4.39. The van der Waals surface area contributed by atoms with Crippen LogP contribution in [0.4, 0.5) is 0 Å². The fraction of sp³-hybridized carbons (Fsp3) is 0.444. The quantitative estimate of drug-likeness (QED) is 0.834. The molecule has 82 valence electrons. The van der Waals surface area contributed by atoms with E-state index in [4.69, 9.17) is 5.11 Å². The maximum atomic E-state index is 11.7. The lowest BCUT2D eigenvalue weighted by Crippen LogP contribution is -2.28. The normalized spacial score (nSPS) is 10.0. The highest BCUT2D eigenvalue weighted by Crippen LogP contribution is 2.14. The van der Waals surface area contributed by atoms with Crippen LogP contribution in [0.3, 0.4) is 0 Å². The fourth-order valence-corrected chi connectivity index (χ4v) is 1.84. The molecule has 1 heterocycles. The molecule has 0 bridgehead atoms. The number of carboxylic acid groups (broad SMARTS) is 1. The molecule has 0 unspecified atom stereocenters. The number of amides is 1. The standard InChI is InChI=1S/C9H12N2O3S/c1-6-8(15-5-10-6)9(14)11(2)4-3-7(12)13/h5H,3-4H2,1-2H3,(H,12,13). The van der Waals surface area contributed by atoms with Crippen molar-refractivity contribution in [2.24, 2.45) is 0 Å². The van der Waals surface area contributed by atoms with E-state index in [-0.39, 0.29) is 18.9 Å². The van der Waals surface area contributed by atoms with Gasteiger partial charge in [0.15, 0.2) is 0 Å². The summed E-state index contributed by atoms with van der Waals surface area (Å²) >= 11 is 1.27. The minimum atomic E-state index is -0.907. The van der Waals surface area contributed by atoms with Crippen molar-refractivity contribution >= 4 is 23.2 Å². The maximum absolute atomic E-state index is 11.7. The summed E-state index contributed by atoms with van der Waals surface area (Å²) in [6.07, 6.45) is -0.0416. The van der Waals surface area contributed by atoms with E-state index in [0.717, 1.165) is 0 Å². The third-order valence-corrected chi connectivity index (χ3v) is 2.86. The SMILES string of the molecule is Cc1ncsc1C(=O)N(C)CCC(=O)O. The topological polar surface area (TPSA) is 70.5 Å². The van der Waals surface area contributed by atoms with Crippen LogP contribution in [0.15, 0.2) is 5.51 Å². The average molecular weight is 228 g/mol. The summed E-state index contributed by atoms with van der Waals surface area (Å²) in [6, 6.07) is 0. The number of aryl methyl sites for hydroxylation is 1. The van der Waals surface area contributed by atoms with E-state index < -0.39 is 5.97 Å². The Hall–Kier alpha value is -1.43. The molecule has 0 saturated carbocycles. The molecule has 15 heavy (non-hydrogen) atoms. The summed E-state index contributed by atoms with van der Waals surface area (Å²) in [6.45, 7) is 1.97. The minimum Gasteiger partial charge on any atom is -0.481 e. The summed E-state index contributed by atoms with van der Waals surface area (Å²) < 4.78 is 0. The van der Waals surface area contributed by atoms with Crippen LogP contribution in [0.1, 0.15) is 21.8 Å². The van der Waals surface area contributed by atoms with Gasteiger partial charge in [-0.1, -0.05) is 0 Å². The van der Waals surface area contributed by atoms with Gasteiger partial charge in [0.25, 0.3) is 5.91 Å². The van der Waals surface area contributed by atoms with Gasteiger partial charge in [-0.05, 0) is 6.92 Å². The van der Waals surface area contributed by atoms with Gasteiger partial charge in [-0.15, -0.1) is 11.3 Å². The molecule has 0 aliphatic rings. The van der Waals surface area contributed by atoms with Crippen LogP contribution in [0, 0.1) is 6.92 Å². The van der Waals surface area contributed by atoms with Crippen molar-refractivity contribution in [3.8, 4) is 0 Å². The van der Waals surface area contributed by atoms with Crippen LogP contribution in [-0.4, -0.2) is 40.5 Å². The molecular formula is C9H12N2O3S. The van der Waals surface area contributed by atoms with Crippen molar-refractivity contribution in [3.05, 3.63) is 16.1 Å². The predicted octanol–water partition coefficient (Wildman–Crippen LogP) is 0.998. The van der Waals surface area contributed by atoms with Crippen molar-refractivity contribution in [2.75, 3.05) is 13.6 Å². The Bertz CT molecular complexity index is 375. The number of carbonyl (C=O) groups excluding carboxylic acids is 1. The summed E-state index contributed by atoms with van der Waals surface area (Å²) in [5, 5.41) is 8.48. The van der Waals surface area contributed by atoms with Crippen LogP contribution >= 0.6 is 11.3 Å². The summed E-state index contributed by atoms with van der Waals surface area (Å²) in [5.41, 5.74) is 2.29. The first-order chi connectivity index (χ1) is 7.02. The maximum Gasteiger partial charge on any atom is 0.305 e. The first-order valence-corrected chi connectivity index (χ1v) is 5.27. The molecule has 5 nitrogen and oxygen atoms in total. The third kappa shape index (κ3) is 3.02. The lowest BCUT2D eigenvalue weighted by atomic mass is 10.3. The second kappa shape index (κ2) is 4.88. The number of hydrogen-bond acceptors (Lipinski definition) is 4. The van der Waals surface area contributed by atoms with Gasteiger partial charge in [0, 0.05) is 13.6 Å². The molecule has 0 aliphatic heterocycles. The molecule has 0 atom stereocenters. The van der Waals surface area contributed by atoms with Crippen molar-refractivity contribution in [2.45, 2.75) is 13.3 Å². The lowest BCUT2D eigenvalue weighted by Gasteiger charge is -2.14. The molecule has 1 rings (SSSR count). The molecule has 0 aliphatic carbocycles. The van der Waals surface area contributed by atoms with E-state index in [2.05, 4.69) is 4.98 Å². The van der Waals surface area contributed by atoms with Gasteiger partial charge >= 0.3 is 5.97 Å². The summed E-state index contributed by atoms with van der Waals surface area (Å²) in [7, 11) is 1.59. The van der Waals surface area contributed by atoms with Gasteiger partial charge in [-0.2, -0.15) is 0 Å². The number of nitrogens with zero attached hydrogens (tertiary/aromatic N) is 2. The second-order valence-corrected chi connectivity index (χ2v) is 3.99. The third-order valence-electron chi connectivity index (χ3n) is 1.95. The van der Waals surface area contributed by atoms with Gasteiger partial charge in [0.2, 0.25) is 0 Å². The molecule has 0 spiro atoms. The number of thiazole rings is 1. The molecule has 0 aromatic carbocycles. The highest BCUT2D eigenvalue weighted by atomic mass is 32.1. The van der Waals surface area contributed by atoms with E-state index in [0.29, 0.717) is 10.6 Å². The Kier molecular flexibility index (Phi) is 3.79. The number of aliphatic carboxylic acids is 1. The van der Waals surface area contributed by atoms with Crippen LogP contribution in [-0.2, 0) is 4.79 Å². The van der Waals surface area contributed by atoms with Crippen molar-refractivity contribution in [3.63, 3.8) is 0 Å². The fourth-order valence-electron chi connectivity index (χ4n) is 1.05. The second-order valence-electron chi connectivity index (χ2n) is 3.14. The Balaban J connectivity index is 2.61. The summed E-state index contributed by atoms with van der Waals surface area (Å²) in [4.78, 5) is 28.0. The smallest absolute Gasteiger partial charge is 0.305 e. The molecule has 0 saturated heterocycles. The Labute approximate surface area is 91.4 Å². The van der Waals surface area contributed by atoms with Gasteiger partial charge in [-0.25, -0.2) is 4.98 Å². The average Bonchev–Trinajstić information content (AvgIpc) is 2.59. The van der Waals surface area contributed by atoms with Crippen molar-refractivity contribution in [1.82, 2.24) is 9.88 Å². The van der Waals surface area contributed by atoms with Crippen molar-refractivity contribution < 1.29 is 14.7 Å². The van der Waals surface area contributed by atoms with Gasteiger partial charge in [0.05, 0.1) is 17.6 Å².